The number of likely N-dealkylation sites (tertiary alicyclic amines) is 1. The number of ether oxygens (including phenoxy) is 1. The van der Waals surface area contributed by atoms with Gasteiger partial charge in [0.05, 0.1) is 12.7 Å². The van der Waals surface area contributed by atoms with E-state index in [4.69, 9.17) is 10.5 Å². The number of rotatable bonds is 7. The smallest absolute Gasteiger partial charge is 0.0702 e. The summed E-state index contributed by atoms with van der Waals surface area (Å²) in [6.45, 7) is 5.15. The van der Waals surface area contributed by atoms with Gasteiger partial charge < -0.3 is 15.6 Å². The van der Waals surface area contributed by atoms with Crippen LogP contribution in [0.4, 0.5) is 0 Å². The van der Waals surface area contributed by atoms with Gasteiger partial charge in [-0.25, -0.2) is 0 Å². The second-order valence-corrected chi connectivity index (χ2v) is 5.79. The third-order valence-corrected chi connectivity index (χ3v) is 4.23. The first kappa shape index (κ1) is 14.3. The van der Waals surface area contributed by atoms with E-state index < -0.39 is 0 Å². The molecule has 1 heterocycles. The highest BCUT2D eigenvalue weighted by molar-refractivity contribution is 4.94. The Morgan fingerprint density at radius 2 is 2.17 bits per heavy atom. The van der Waals surface area contributed by atoms with E-state index in [0.29, 0.717) is 12.0 Å². The molecule has 0 bridgehead atoms. The number of hydrogen-bond donors (Lipinski definition) is 2. The molecule has 18 heavy (non-hydrogen) atoms. The van der Waals surface area contributed by atoms with Gasteiger partial charge in [-0.1, -0.05) is 6.92 Å². The van der Waals surface area contributed by atoms with E-state index in [-0.39, 0.29) is 18.7 Å². The number of aliphatic hydroxyl groups excluding tert-OH is 1. The Labute approximate surface area is 110 Å². The van der Waals surface area contributed by atoms with E-state index in [1.165, 1.54) is 12.8 Å². The van der Waals surface area contributed by atoms with Gasteiger partial charge in [-0.05, 0) is 44.6 Å². The molecule has 1 aliphatic carbocycles. The number of nitrogens with two attached hydrogens (primary N) is 1. The fourth-order valence-corrected chi connectivity index (χ4v) is 2.96. The lowest BCUT2D eigenvalue weighted by atomic mass is 9.99. The average Bonchev–Trinajstić information content (AvgIpc) is 3.22. The van der Waals surface area contributed by atoms with Crippen LogP contribution in [0.25, 0.3) is 0 Å². The maximum atomic E-state index is 9.63. The number of aliphatic hydroxyl groups is 1. The van der Waals surface area contributed by atoms with Gasteiger partial charge in [0.2, 0.25) is 0 Å². The predicted molar refractivity (Wildman–Crippen MR) is 72.4 cm³/mol. The topological polar surface area (TPSA) is 58.7 Å². The quantitative estimate of drug-likeness (QED) is 0.713. The van der Waals surface area contributed by atoms with Crippen LogP contribution in [0.3, 0.4) is 0 Å². The lowest BCUT2D eigenvalue weighted by Crippen LogP contribution is -2.55. The van der Waals surface area contributed by atoms with Gasteiger partial charge in [0.15, 0.2) is 0 Å². The van der Waals surface area contributed by atoms with Gasteiger partial charge in [-0.15, -0.1) is 0 Å². The molecule has 0 amide bonds. The number of hydrogen-bond acceptors (Lipinski definition) is 4. The lowest BCUT2D eigenvalue weighted by Gasteiger charge is -2.40. The molecule has 0 aromatic carbocycles. The maximum absolute atomic E-state index is 9.63. The molecule has 0 radical (unpaired) electrons. The summed E-state index contributed by atoms with van der Waals surface area (Å²) in [5, 5.41) is 9.63. The van der Waals surface area contributed by atoms with Crippen LogP contribution >= 0.6 is 0 Å². The van der Waals surface area contributed by atoms with Crippen molar-refractivity contribution in [3.05, 3.63) is 0 Å². The molecule has 106 valence electrons. The van der Waals surface area contributed by atoms with Crippen molar-refractivity contribution in [1.82, 2.24) is 4.90 Å². The Bertz CT molecular complexity index is 246. The maximum Gasteiger partial charge on any atom is 0.0702 e. The molecule has 0 spiro atoms. The van der Waals surface area contributed by atoms with Gasteiger partial charge in [-0.2, -0.15) is 0 Å². The fourth-order valence-electron chi connectivity index (χ4n) is 2.96. The summed E-state index contributed by atoms with van der Waals surface area (Å²) in [6, 6.07) is 0.269. The van der Waals surface area contributed by atoms with Crippen LogP contribution in [0.1, 0.15) is 39.0 Å². The summed E-state index contributed by atoms with van der Waals surface area (Å²) in [6.07, 6.45) is 6.18. The van der Waals surface area contributed by atoms with E-state index in [1.54, 1.807) is 0 Å². The van der Waals surface area contributed by atoms with Crippen LogP contribution in [0.2, 0.25) is 0 Å². The highest BCUT2D eigenvalue weighted by atomic mass is 16.5. The van der Waals surface area contributed by atoms with Crippen LogP contribution in [0.15, 0.2) is 0 Å². The zero-order chi connectivity index (χ0) is 13.0. The van der Waals surface area contributed by atoms with E-state index in [2.05, 4.69) is 11.8 Å². The van der Waals surface area contributed by atoms with Crippen LogP contribution in [-0.4, -0.2) is 54.5 Å². The molecule has 4 heteroatoms. The zero-order valence-electron chi connectivity index (χ0n) is 11.6. The van der Waals surface area contributed by atoms with E-state index in [0.717, 1.165) is 39.0 Å². The molecule has 3 unspecified atom stereocenters. The van der Waals surface area contributed by atoms with Crippen molar-refractivity contribution in [1.29, 1.82) is 0 Å². The Kier molecular flexibility index (Phi) is 5.42. The van der Waals surface area contributed by atoms with Crippen LogP contribution in [0.5, 0.6) is 0 Å². The van der Waals surface area contributed by atoms with Gasteiger partial charge in [0.25, 0.3) is 0 Å². The molecular formula is C14H28N2O2. The molecule has 1 aliphatic heterocycles. The Morgan fingerprint density at radius 3 is 2.78 bits per heavy atom. The first-order chi connectivity index (χ1) is 8.76. The number of nitrogens with zero attached hydrogens (tertiary/aromatic N) is 1. The van der Waals surface area contributed by atoms with Gasteiger partial charge >= 0.3 is 0 Å². The monoisotopic (exact) mass is 256 g/mol. The molecular weight excluding hydrogens is 228 g/mol. The third-order valence-electron chi connectivity index (χ3n) is 4.23. The van der Waals surface area contributed by atoms with Crippen LogP contribution < -0.4 is 5.73 Å². The van der Waals surface area contributed by atoms with E-state index >= 15 is 0 Å². The SMILES string of the molecule is CCCOC1CCCN(C(CO)C(N)C2CC2)C1. The van der Waals surface area contributed by atoms with Crippen molar-refractivity contribution in [3.8, 4) is 0 Å². The van der Waals surface area contributed by atoms with Gasteiger partial charge in [0.1, 0.15) is 0 Å². The molecule has 2 aliphatic rings. The summed E-state index contributed by atoms with van der Waals surface area (Å²) in [4.78, 5) is 2.35. The van der Waals surface area contributed by atoms with Gasteiger partial charge in [0, 0.05) is 25.2 Å². The molecule has 2 fully saturated rings. The van der Waals surface area contributed by atoms with Crippen molar-refractivity contribution in [2.45, 2.75) is 57.2 Å². The summed E-state index contributed by atoms with van der Waals surface area (Å²) in [5.74, 6) is 0.638. The Hall–Kier alpha value is -0.160. The van der Waals surface area contributed by atoms with E-state index in [9.17, 15) is 5.11 Å². The molecule has 3 N–H and O–H groups in total. The normalized spacial score (nSPS) is 29.2. The first-order valence-corrected chi connectivity index (χ1v) is 7.48. The minimum atomic E-state index is 0.130. The average molecular weight is 256 g/mol. The third kappa shape index (κ3) is 3.67. The second kappa shape index (κ2) is 6.85. The minimum Gasteiger partial charge on any atom is -0.395 e. The highest BCUT2D eigenvalue weighted by Gasteiger charge is 2.37. The standard InChI is InChI=1S/C14H28N2O2/c1-2-8-18-12-4-3-7-16(9-12)13(10-17)14(15)11-5-6-11/h11-14,17H,2-10,15H2,1H3. The first-order valence-electron chi connectivity index (χ1n) is 7.48. The summed E-state index contributed by atoms with van der Waals surface area (Å²) in [7, 11) is 0. The largest absolute Gasteiger partial charge is 0.395 e. The zero-order valence-corrected chi connectivity index (χ0v) is 11.6. The van der Waals surface area contributed by atoms with Crippen molar-refractivity contribution >= 4 is 0 Å². The Morgan fingerprint density at radius 1 is 1.39 bits per heavy atom. The minimum absolute atomic E-state index is 0.130. The van der Waals surface area contributed by atoms with Crippen molar-refractivity contribution < 1.29 is 9.84 Å². The van der Waals surface area contributed by atoms with E-state index in [1.807, 2.05) is 0 Å². The molecule has 1 saturated heterocycles. The van der Waals surface area contributed by atoms with Crippen LogP contribution in [-0.2, 0) is 4.74 Å². The van der Waals surface area contributed by atoms with Crippen molar-refractivity contribution in [3.63, 3.8) is 0 Å². The Balaban J connectivity index is 1.85. The summed E-state index contributed by atoms with van der Waals surface area (Å²) < 4.78 is 5.85. The molecule has 0 aromatic heterocycles. The molecule has 3 atom stereocenters. The molecule has 1 saturated carbocycles. The fraction of sp³-hybridized carbons (Fsp3) is 1.00. The lowest BCUT2D eigenvalue weighted by molar-refractivity contribution is -0.0254. The molecule has 4 nitrogen and oxygen atoms in total. The molecule has 2 rings (SSSR count). The number of piperidine rings is 1. The summed E-state index contributed by atoms with van der Waals surface area (Å²) in [5.41, 5.74) is 6.27. The second-order valence-electron chi connectivity index (χ2n) is 5.79. The molecule has 0 aromatic rings. The van der Waals surface area contributed by atoms with Gasteiger partial charge in [-0.3, -0.25) is 4.90 Å². The van der Waals surface area contributed by atoms with Crippen molar-refractivity contribution in [2.24, 2.45) is 11.7 Å². The van der Waals surface area contributed by atoms with Crippen molar-refractivity contribution in [2.75, 3.05) is 26.3 Å². The highest BCUT2D eigenvalue weighted by Crippen LogP contribution is 2.34. The van der Waals surface area contributed by atoms with Crippen LogP contribution in [0, 0.1) is 5.92 Å². The predicted octanol–water partition coefficient (Wildman–Crippen LogP) is 0.976. The summed E-state index contributed by atoms with van der Waals surface area (Å²) >= 11 is 0.